The van der Waals surface area contributed by atoms with Crippen LogP contribution in [0.2, 0.25) is 0 Å². The highest BCUT2D eigenvalue weighted by Gasteiger charge is 2.25. The molecule has 0 bridgehead atoms. The first kappa shape index (κ1) is 22.4. The fourth-order valence-corrected chi connectivity index (χ4v) is 3.92. The molecule has 0 heterocycles. The van der Waals surface area contributed by atoms with Gasteiger partial charge in [0.15, 0.2) is 0 Å². The number of carbonyl (C=O) groups is 2. The Hall–Kier alpha value is -0.560. The van der Waals surface area contributed by atoms with Crippen LogP contribution < -0.4 is 5.32 Å². The highest BCUT2D eigenvalue weighted by Crippen LogP contribution is 2.24. The number of nitrogens with one attached hydrogen (secondary N) is 1. The van der Waals surface area contributed by atoms with Gasteiger partial charge in [-0.05, 0) is 34.1 Å². The minimum absolute atomic E-state index is 0.292. The normalized spacial score (nSPS) is 12.6. The van der Waals surface area contributed by atoms with E-state index in [1.807, 2.05) is 0 Å². The molecule has 0 saturated carbocycles. The number of esters is 1. The molecular weight excluding hydrogens is 334 g/mol. The summed E-state index contributed by atoms with van der Waals surface area (Å²) in [5.41, 5.74) is -0.593. The molecule has 0 spiro atoms. The highest BCUT2D eigenvalue weighted by atomic mass is 33.1. The van der Waals surface area contributed by atoms with Gasteiger partial charge in [-0.2, -0.15) is 0 Å². The van der Waals surface area contributed by atoms with Gasteiger partial charge in [-0.3, -0.25) is 0 Å². The van der Waals surface area contributed by atoms with Crippen molar-refractivity contribution in [1.29, 1.82) is 0 Å². The summed E-state index contributed by atoms with van der Waals surface area (Å²) >= 11 is 0. The molecule has 0 saturated heterocycles. The Labute approximate surface area is 148 Å². The van der Waals surface area contributed by atoms with Gasteiger partial charge in [0.1, 0.15) is 11.6 Å². The van der Waals surface area contributed by atoms with E-state index in [2.05, 4.69) is 12.2 Å². The summed E-state index contributed by atoms with van der Waals surface area (Å²) in [6, 6.07) is -0.682. The van der Waals surface area contributed by atoms with Crippen molar-refractivity contribution in [2.45, 2.75) is 71.9 Å². The maximum absolute atomic E-state index is 11.9. The molecule has 0 aromatic carbocycles. The quantitative estimate of drug-likeness (QED) is 0.332. The van der Waals surface area contributed by atoms with Crippen LogP contribution in [0.4, 0.5) is 4.79 Å². The second-order valence-corrected chi connectivity index (χ2v) is 8.75. The zero-order valence-corrected chi connectivity index (χ0v) is 16.6. The topological polar surface area (TPSA) is 64.6 Å². The number of amides is 1. The van der Waals surface area contributed by atoms with E-state index in [-0.39, 0.29) is 0 Å². The third kappa shape index (κ3) is 13.6. The molecule has 0 rings (SSSR count). The fourth-order valence-electron chi connectivity index (χ4n) is 1.62. The average molecular weight is 366 g/mol. The monoisotopic (exact) mass is 365 g/mol. The Morgan fingerprint density at radius 2 is 1.78 bits per heavy atom. The number of carbonyl (C=O) groups excluding carboxylic acids is 2. The first-order valence-corrected chi connectivity index (χ1v) is 10.7. The molecule has 0 aliphatic heterocycles. The minimum Gasteiger partial charge on any atom is -0.464 e. The van der Waals surface area contributed by atoms with Gasteiger partial charge in [0, 0.05) is 11.5 Å². The third-order valence-electron chi connectivity index (χ3n) is 2.66. The predicted molar refractivity (Wildman–Crippen MR) is 98.8 cm³/mol. The van der Waals surface area contributed by atoms with E-state index < -0.39 is 23.7 Å². The van der Waals surface area contributed by atoms with Crippen molar-refractivity contribution in [2.75, 3.05) is 18.1 Å². The summed E-state index contributed by atoms with van der Waals surface area (Å²) in [6.07, 6.45) is 4.31. The molecule has 7 heteroatoms. The molecule has 1 N–H and O–H groups in total. The Bertz CT molecular complexity index is 345. The summed E-state index contributed by atoms with van der Waals surface area (Å²) in [7, 11) is 3.30. The van der Waals surface area contributed by atoms with Crippen LogP contribution in [-0.2, 0) is 14.3 Å². The van der Waals surface area contributed by atoms with Gasteiger partial charge in [0.25, 0.3) is 0 Å². The summed E-state index contributed by atoms with van der Waals surface area (Å²) in [5.74, 6) is 1.10. The third-order valence-corrected chi connectivity index (χ3v) is 5.16. The molecule has 0 aliphatic carbocycles. The van der Waals surface area contributed by atoms with E-state index in [0.717, 1.165) is 5.75 Å². The molecule has 0 aromatic heterocycles. The van der Waals surface area contributed by atoms with E-state index in [1.54, 1.807) is 49.3 Å². The number of hydrogen-bond donors (Lipinski definition) is 1. The lowest BCUT2D eigenvalue weighted by atomic mass is 10.2. The van der Waals surface area contributed by atoms with Crippen molar-refractivity contribution < 1.29 is 19.1 Å². The molecule has 0 radical (unpaired) electrons. The lowest BCUT2D eigenvalue weighted by molar-refractivity contribution is -0.144. The maximum atomic E-state index is 11.9. The summed E-state index contributed by atoms with van der Waals surface area (Å²) in [5, 5.41) is 2.60. The molecule has 1 amide bonds. The SMILES string of the molecule is CCCCCCSSCC(NC(=O)OC(C)(C)C)C(=O)OCC. The standard InChI is InChI=1S/C16H31NO4S2/c1-6-8-9-10-11-22-23-12-13(14(18)20-7-2)17-15(19)21-16(3,4)5/h13H,6-12H2,1-5H3,(H,17,19). The molecule has 0 aromatic rings. The van der Waals surface area contributed by atoms with Crippen LogP contribution in [0.15, 0.2) is 0 Å². The van der Waals surface area contributed by atoms with Crippen molar-refractivity contribution in [3.8, 4) is 0 Å². The number of ether oxygens (including phenoxy) is 2. The fraction of sp³-hybridized carbons (Fsp3) is 0.875. The number of hydrogen-bond acceptors (Lipinski definition) is 6. The van der Waals surface area contributed by atoms with Crippen molar-refractivity contribution in [3.05, 3.63) is 0 Å². The first-order valence-electron chi connectivity index (χ1n) is 8.20. The van der Waals surface area contributed by atoms with E-state index in [4.69, 9.17) is 9.47 Å². The van der Waals surface area contributed by atoms with Crippen molar-refractivity contribution in [3.63, 3.8) is 0 Å². The largest absolute Gasteiger partial charge is 0.464 e. The Kier molecular flexibility index (Phi) is 12.5. The summed E-state index contributed by atoms with van der Waals surface area (Å²) < 4.78 is 10.2. The summed E-state index contributed by atoms with van der Waals surface area (Å²) in [4.78, 5) is 23.8. The van der Waals surface area contributed by atoms with Crippen LogP contribution in [-0.4, -0.2) is 41.8 Å². The predicted octanol–water partition coefficient (Wildman–Crippen LogP) is 4.40. The van der Waals surface area contributed by atoms with Gasteiger partial charge in [0.2, 0.25) is 0 Å². The van der Waals surface area contributed by atoms with Gasteiger partial charge in [0.05, 0.1) is 6.61 Å². The van der Waals surface area contributed by atoms with Gasteiger partial charge in [-0.1, -0.05) is 47.8 Å². The molecular formula is C16H31NO4S2. The summed E-state index contributed by atoms with van der Waals surface area (Å²) in [6.45, 7) is 9.58. The maximum Gasteiger partial charge on any atom is 0.408 e. The van der Waals surface area contributed by atoms with Gasteiger partial charge in [-0.25, -0.2) is 9.59 Å². The Morgan fingerprint density at radius 3 is 2.35 bits per heavy atom. The molecule has 1 atom stereocenters. The molecule has 23 heavy (non-hydrogen) atoms. The average Bonchev–Trinajstić information content (AvgIpc) is 2.43. The van der Waals surface area contributed by atoms with Crippen LogP contribution in [0.25, 0.3) is 0 Å². The van der Waals surface area contributed by atoms with Crippen molar-refractivity contribution in [2.24, 2.45) is 0 Å². The molecule has 136 valence electrons. The molecule has 1 unspecified atom stereocenters. The molecule has 5 nitrogen and oxygen atoms in total. The van der Waals surface area contributed by atoms with Gasteiger partial charge in [-0.15, -0.1) is 0 Å². The number of unbranched alkanes of at least 4 members (excludes halogenated alkanes) is 3. The smallest absolute Gasteiger partial charge is 0.408 e. The van der Waals surface area contributed by atoms with Crippen LogP contribution in [0.3, 0.4) is 0 Å². The van der Waals surface area contributed by atoms with Crippen LogP contribution in [0, 0.1) is 0 Å². The highest BCUT2D eigenvalue weighted by molar-refractivity contribution is 8.76. The van der Waals surface area contributed by atoms with Crippen LogP contribution >= 0.6 is 21.6 Å². The van der Waals surface area contributed by atoms with Crippen molar-refractivity contribution >= 4 is 33.7 Å². The lowest BCUT2D eigenvalue weighted by Gasteiger charge is -2.22. The Morgan fingerprint density at radius 1 is 1.09 bits per heavy atom. The Balaban J connectivity index is 4.20. The molecule has 0 fully saturated rings. The van der Waals surface area contributed by atoms with E-state index >= 15 is 0 Å². The lowest BCUT2D eigenvalue weighted by Crippen LogP contribution is -2.45. The van der Waals surface area contributed by atoms with Gasteiger partial charge >= 0.3 is 12.1 Å². The number of alkyl carbamates (subject to hydrolysis) is 1. The van der Waals surface area contributed by atoms with E-state index in [9.17, 15) is 9.59 Å². The minimum atomic E-state index is -0.682. The van der Waals surface area contributed by atoms with Crippen molar-refractivity contribution in [1.82, 2.24) is 5.32 Å². The first-order chi connectivity index (χ1) is 10.8. The molecule has 0 aliphatic rings. The zero-order valence-electron chi connectivity index (χ0n) is 15.0. The van der Waals surface area contributed by atoms with Crippen LogP contribution in [0.1, 0.15) is 60.3 Å². The van der Waals surface area contributed by atoms with E-state index in [0.29, 0.717) is 12.4 Å². The van der Waals surface area contributed by atoms with Crippen LogP contribution in [0.5, 0.6) is 0 Å². The second-order valence-electron chi connectivity index (χ2n) is 6.12. The number of rotatable bonds is 11. The van der Waals surface area contributed by atoms with Gasteiger partial charge < -0.3 is 14.8 Å². The van der Waals surface area contributed by atoms with E-state index in [1.165, 1.54) is 25.7 Å². The zero-order chi connectivity index (χ0) is 17.7. The second kappa shape index (κ2) is 12.8.